The first-order valence-corrected chi connectivity index (χ1v) is 6.88. The van der Waals surface area contributed by atoms with Crippen LogP contribution in [-0.4, -0.2) is 40.7 Å². The summed E-state index contributed by atoms with van der Waals surface area (Å²) >= 11 is 0. The highest BCUT2D eigenvalue weighted by Gasteiger charge is 2.15. The van der Waals surface area contributed by atoms with Crippen LogP contribution in [-0.2, 0) is 20.6 Å². The molecule has 6 nitrogen and oxygen atoms in total. The van der Waals surface area contributed by atoms with Crippen LogP contribution in [0, 0.1) is 5.92 Å². The Morgan fingerprint density at radius 3 is 2.35 bits per heavy atom. The Hall–Kier alpha value is -1.40. The quantitative estimate of drug-likeness (QED) is 0.782. The fourth-order valence-electron chi connectivity index (χ4n) is 2.37. The Morgan fingerprint density at radius 1 is 1.25 bits per heavy atom. The van der Waals surface area contributed by atoms with E-state index < -0.39 is 0 Å². The molecule has 1 unspecified atom stereocenters. The lowest BCUT2D eigenvalue weighted by molar-refractivity contribution is 0.224. The Bertz CT molecular complexity index is 549. The Balaban J connectivity index is 2.77. The molecule has 6 heteroatoms. The minimum atomic E-state index is -0.299. The molecule has 0 saturated heterocycles. The zero-order valence-corrected chi connectivity index (χ0v) is 13.3. The SMILES string of the molecule is CC(C)C(CNCc1cn(C)c(=O)n(C)c1=O)N(C)C. The molecule has 1 N–H and O–H groups in total. The molecule has 1 atom stereocenters. The second kappa shape index (κ2) is 6.85. The van der Waals surface area contributed by atoms with Crippen LogP contribution in [0.5, 0.6) is 0 Å². The van der Waals surface area contributed by atoms with E-state index in [1.54, 1.807) is 13.2 Å². The summed E-state index contributed by atoms with van der Waals surface area (Å²) in [7, 11) is 7.27. The van der Waals surface area contributed by atoms with E-state index in [4.69, 9.17) is 0 Å². The van der Waals surface area contributed by atoms with Crippen molar-refractivity contribution in [3.63, 3.8) is 0 Å². The summed E-state index contributed by atoms with van der Waals surface area (Å²) in [6.07, 6.45) is 1.61. The van der Waals surface area contributed by atoms with Crippen molar-refractivity contribution in [1.82, 2.24) is 19.4 Å². The fraction of sp³-hybridized carbons (Fsp3) is 0.714. The molecule has 20 heavy (non-hydrogen) atoms. The van der Waals surface area contributed by atoms with Crippen molar-refractivity contribution in [3.8, 4) is 0 Å². The van der Waals surface area contributed by atoms with E-state index in [2.05, 4.69) is 38.2 Å². The number of hydrogen-bond donors (Lipinski definition) is 1. The minimum Gasteiger partial charge on any atom is -0.311 e. The van der Waals surface area contributed by atoms with Gasteiger partial charge in [0.1, 0.15) is 0 Å². The predicted octanol–water partition coefficient (Wildman–Crippen LogP) is -0.240. The maximum Gasteiger partial charge on any atom is 0.330 e. The van der Waals surface area contributed by atoms with Gasteiger partial charge in [0.15, 0.2) is 0 Å². The van der Waals surface area contributed by atoms with E-state index in [1.807, 2.05) is 0 Å². The predicted molar refractivity (Wildman–Crippen MR) is 80.9 cm³/mol. The van der Waals surface area contributed by atoms with Gasteiger partial charge in [-0.15, -0.1) is 0 Å². The summed E-state index contributed by atoms with van der Waals surface area (Å²) in [4.78, 5) is 25.8. The lowest BCUT2D eigenvalue weighted by Gasteiger charge is -2.28. The number of rotatable bonds is 6. The van der Waals surface area contributed by atoms with Crippen molar-refractivity contribution in [2.24, 2.45) is 20.0 Å². The smallest absolute Gasteiger partial charge is 0.311 e. The highest BCUT2D eigenvalue weighted by Crippen LogP contribution is 2.06. The molecule has 0 radical (unpaired) electrons. The van der Waals surface area contributed by atoms with Crippen LogP contribution in [0.4, 0.5) is 0 Å². The van der Waals surface area contributed by atoms with Crippen LogP contribution in [0.2, 0.25) is 0 Å². The Kier molecular flexibility index (Phi) is 5.71. The minimum absolute atomic E-state index is 0.230. The monoisotopic (exact) mass is 282 g/mol. The molecular weight excluding hydrogens is 256 g/mol. The van der Waals surface area contributed by atoms with Gasteiger partial charge in [0.25, 0.3) is 5.56 Å². The summed E-state index contributed by atoms with van der Waals surface area (Å²) in [6.45, 7) is 5.63. The van der Waals surface area contributed by atoms with Crippen LogP contribution >= 0.6 is 0 Å². The van der Waals surface area contributed by atoms with Gasteiger partial charge in [0, 0.05) is 45.0 Å². The molecule has 1 heterocycles. The van der Waals surface area contributed by atoms with Gasteiger partial charge in [-0.3, -0.25) is 9.36 Å². The molecule has 0 aliphatic heterocycles. The van der Waals surface area contributed by atoms with Gasteiger partial charge in [-0.2, -0.15) is 0 Å². The molecule has 1 rings (SSSR count). The number of nitrogens with one attached hydrogen (secondary N) is 1. The molecule has 0 aliphatic rings. The van der Waals surface area contributed by atoms with Crippen LogP contribution in [0.1, 0.15) is 19.4 Å². The number of aryl methyl sites for hydroxylation is 1. The molecule has 0 saturated carbocycles. The van der Waals surface area contributed by atoms with Crippen molar-refractivity contribution in [2.45, 2.75) is 26.4 Å². The van der Waals surface area contributed by atoms with Crippen molar-refractivity contribution >= 4 is 0 Å². The fourth-order valence-corrected chi connectivity index (χ4v) is 2.37. The zero-order chi connectivity index (χ0) is 15.4. The molecule has 1 aromatic heterocycles. The third-order valence-corrected chi connectivity index (χ3v) is 3.62. The summed E-state index contributed by atoms with van der Waals surface area (Å²) < 4.78 is 2.58. The second-order valence-electron chi connectivity index (χ2n) is 5.82. The van der Waals surface area contributed by atoms with Crippen molar-refractivity contribution in [2.75, 3.05) is 20.6 Å². The first-order chi connectivity index (χ1) is 9.25. The molecular formula is C14H26N4O2. The molecule has 1 aromatic rings. The van der Waals surface area contributed by atoms with E-state index in [1.165, 1.54) is 11.6 Å². The van der Waals surface area contributed by atoms with Gasteiger partial charge >= 0.3 is 5.69 Å². The number of hydrogen-bond acceptors (Lipinski definition) is 4. The molecule has 0 fully saturated rings. The van der Waals surface area contributed by atoms with Gasteiger partial charge < -0.3 is 14.8 Å². The van der Waals surface area contributed by atoms with E-state index in [0.717, 1.165) is 11.1 Å². The van der Waals surface area contributed by atoms with E-state index in [9.17, 15) is 9.59 Å². The largest absolute Gasteiger partial charge is 0.330 e. The zero-order valence-electron chi connectivity index (χ0n) is 13.3. The van der Waals surface area contributed by atoms with Crippen molar-refractivity contribution < 1.29 is 0 Å². The van der Waals surface area contributed by atoms with Crippen LogP contribution in [0.3, 0.4) is 0 Å². The third-order valence-electron chi connectivity index (χ3n) is 3.62. The molecule has 0 aromatic carbocycles. The van der Waals surface area contributed by atoms with Gasteiger partial charge in [-0.1, -0.05) is 13.8 Å². The lowest BCUT2D eigenvalue weighted by atomic mass is 10.0. The maximum absolute atomic E-state index is 12.0. The molecule has 0 bridgehead atoms. The van der Waals surface area contributed by atoms with Gasteiger partial charge in [-0.05, 0) is 20.0 Å². The van der Waals surface area contributed by atoms with Crippen LogP contribution < -0.4 is 16.6 Å². The molecule has 0 spiro atoms. The number of likely N-dealkylation sites (N-methyl/N-ethyl adjacent to an activating group) is 1. The Morgan fingerprint density at radius 2 is 1.85 bits per heavy atom. The average molecular weight is 282 g/mol. The summed E-state index contributed by atoms with van der Waals surface area (Å²) in [5, 5.41) is 3.31. The molecule has 114 valence electrons. The van der Waals surface area contributed by atoms with Gasteiger partial charge in [-0.25, -0.2) is 4.79 Å². The van der Waals surface area contributed by atoms with Crippen molar-refractivity contribution in [3.05, 3.63) is 32.6 Å². The van der Waals surface area contributed by atoms with Gasteiger partial charge in [0.2, 0.25) is 0 Å². The van der Waals surface area contributed by atoms with E-state index >= 15 is 0 Å². The molecule has 0 amide bonds. The number of aromatic nitrogens is 2. The summed E-state index contributed by atoms with van der Waals surface area (Å²) in [5.74, 6) is 0.528. The average Bonchev–Trinajstić information content (AvgIpc) is 2.36. The standard InChI is InChI=1S/C14H26N4O2/c1-10(2)12(16(3)4)8-15-7-11-9-17(5)14(20)18(6)13(11)19/h9-10,12,15H,7-8H2,1-6H3. The first kappa shape index (κ1) is 16.7. The van der Waals surface area contributed by atoms with Crippen LogP contribution in [0.25, 0.3) is 0 Å². The van der Waals surface area contributed by atoms with Crippen molar-refractivity contribution in [1.29, 1.82) is 0 Å². The normalized spacial score (nSPS) is 13.2. The third kappa shape index (κ3) is 3.80. The van der Waals surface area contributed by atoms with Crippen LogP contribution in [0.15, 0.2) is 15.8 Å². The lowest BCUT2D eigenvalue weighted by Crippen LogP contribution is -2.43. The maximum atomic E-state index is 12.0. The van der Waals surface area contributed by atoms with E-state index in [-0.39, 0.29) is 11.2 Å². The summed E-state index contributed by atoms with van der Waals surface area (Å²) in [6, 6.07) is 0.409. The second-order valence-corrected chi connectivity index (χ2v) is 5.82. The highest BCUT2D eigenvalue weighted by atomic mass is 16.2. The first-order valence-electron chi connectivity index (χ1n) is 6.88. The highest BCUT2D eigenvalue weighted by molar-refractivity contribution is 5.05. The topological polar surface area (TPSA) is 59.3 Å². The van der Waals surface area contributed by atoms with Gasteiger partial charge in [0.05, 0.1) is 0 Å². The summed E-state index contributed by atoms with van der Waals surface area (Å²) in [5.41, 5.74) is 0.0783. The van der Waals surface area contributed by atoms with E-state index in [0.29, 0.717) is 24.1 Å². The number of nitrogens with zero attached hydrogens (tertiary/aromatic N) is 3. The molecule has 0 aliphatic carbocycles. The Labute approximate surface area is 120 Å².